The van der Waals surface area contributed by atoms with Crippen LogP contribution in [0.2, 0.25) is 0 Å². The number of urea groups is 1. The summed E-state index contributed by atoms with van der Waals surface area (Å²) in [6.07, 6.45) is 1.44. The van der Waals surface area contributed by atoms with Crippen LogP contribution >= 0.6 is 0 Å². The SMILES string of the molecule is NC(=O)NCCCCN=O. The Morgan fingerprint density at radius 3 is 2.70 bits per heavy atom. The number of nitrogens with one attached hydrogen (secondary N) is 1. The van der Waals surface area contributed by atoms with E-state index in [1.165, 1.54) is 0 Å². The third kappa shape index (κ3) is 6.87. The van der Waals surface area contributed by atoms with Gasteiger partial charge < -0.3 is 11.1 Å². The molecule has 58 valence electrons. The smallest absolute Gasteiger partial charge is 0.312 e. The quantitative estimate of drug-likeness (QED) is 0.427. The van der Waals surface area contributed by atoms with Crippen LogP contribution in [0.15, 0.2) is 5.18 Å². The van der Waals surface area contributed by atoms with Gasteiger partial charge in [0, 0.05) is 6.54 Å². The maximum absolute atomic E-state index is 10.1. The molecule has 0 aliphatic rings. The number of nitrogens with zero attached hydrogens (tertiary/aromatic N) is 1. The Kier molecular flexibility index (Phi) is 5.32. The van der Waals surface area contributed by atoms with Gasteiger partial charge in [-0.3, -0.25) is 0 Å². The number of nitroso groups, excluding NO2 is 1. The first-order chi connectivity index (χ1) is 4.77. The molecular weight excluding hydrogens is 134 g/mol. The van der Waals surface area contributed by atoms with E-state index in [0.29, 0.717) is 19.5 Å². The number of carbonyl (C=O) groups excluding carboxylic acids is 1. The maximum atomic E-state index is 10.1. The molecule has 0 aromatic carbocycles. The molecule has 0 bridgehead atoms. The van der Waals surface area contributed by atoms with E-state index in [-0.39, 0.29) is 0 Å². The fraction of sp³-hybridized carbons (Fsp3) is 0.800. The van der Waals surface area contributed by atoms with Gasteiger partial charge in [-0.15, -0.1) is 0 Å². The Morgan fingerprint density at radius 2 is 2.20 bits per heavy atom. The molecule has 0 atom stereocenters. The Bertz CT molecular complexity index is 115. The van der Waals surface area contributed by atoms with Crippen molar-refractivity contribution >= 4 is 6.03 Å². The van der Waals surface area contributed by atoms with Gasteiger partial charge in [0.15, 0.2) is 0 Å². The van der Waals surface area contributed by atoms with E-state index < -0.39 is 6.03 Å². The topological polar surface area (TPSA) is 84.6 Å². The molecule has 5 nitrogen and oxygen atoms in total. The molecule has 0 radical (unpaired) electrons. The lowest BCUT2D eigenvalue weighted by Gasteiger charge is -1.97. The predicted molar refractivity (Wildman–Crippen MR) is 37.5 cm³/mol. The van der Waals surface area contributed by atoms with Gasteiger partial charge in [0.05, 0.1) is 6.54 Å². The molecule has 0 saturated heterocycles. The Labute approximate surface area is 58.9 Å². The lowest BCUT2D eigenvalue weighted by atomic mass is 10.3. The summed E-state index contributed by atoms with van der Waals surface area (Å²) in [6.45, 7) is 0.825. The van der Waals surface area contributed by atoms with Crippen molar-refractivity contribution in [3.63, 3.8) is 0 Å². The summed E-state index contributed by atoms with van der Waals surface area (Å²) >= 11 is 0. The van der Waals surface area contributed by atoms with Gasteiger partial charge in [0.2, 0.25) is 0 Å². The highest BCUT2D eigenvalue weighted by molar-refractivity contribution is 5.71. The molecule has 5 heteroatoms. The Balaban J connectivity index is 2.90. The van der Waals surface area contributed by atoms with Crippen molar-refractivity contribution in [3.05, 3.63) is 4.91 Å². The number of carbonyl (C=O) groups is 1. The monoisotopic (exact) mass is 145 g/mol. The van der Waals surface area contributed by atoms with Crippen LogP contribution in [-0.2, 0) is 0 Å². The van der Waals surface area contributed by atoms with Crippen molar-refractivity contribution in [1.29, 1.82) is 0 Å². The number of hydrogen-bond acceptors (Lipinski definition) is 3. The summed E-state index contributed by atoms with van der Waals surface area (Å²) in [5.41, 5.74) is 4.77. The summed E-state index contributed by atoms with van der Waals surface area (Å²) in [7, 11) is 0. The standard InChI is InChI=1S/C5H11N3O2/c6-5(9)7-3-1-2-4-8-10/h1-4H2,(H3,6,7,9). The van der Waals surface area contributed by atoms with Crippen molar-refractivity contribution in [3.8, 4) is 0 Å². The van der Waals surface area contributed by atoms with Gasteiger partial charge in [-0.05, 0) is 12.8 Å². The second kappa shape index (κ2) is 6.00. The van der Waals surface area contributed by atoms with Crippen LogP contribution in [0.1, 0.15) is 12.8 Å². The number of hydrogen-bond donors (Lipinski definition) is 2. The van der Waals surface area contributed by atoms with Crippen molar-refractivity contribution in [1.82, 2.24) is 5.32 Å². The lowest BCUT2D eigenvalue weighted by Crippen LogP contribution is -2.30. The van der Waals surface area contributed by atoms with Gasteiger partial charge in [-0.25, -0.2) is 4.79 Å². The number of rotatable bonds is 5. The minimum atomic E-state index is -0.529. The molecule has 0 saturated carbocycles. The zero-order valence-corrected chi connectivity index (χ0v) is 5.67. The second-order valence-electron chi connectivity index (χ2n) is 1.85. The summed E-state index contributed by atoms with van der Waals surface area (Å²) in [5, 5.41) is 5.06. The first-order valence-corrected chi connectivity index (χ1v) is 3.10. The van der Waals surface area contributed by atoms with Gasteiger partial charge in [0.1, 0.15) is 0 Å². The van der Waals surface area contributed by atoms with Gasteiger partial charge in [-0.2, -0.15) is 4.91 Å². The molecule has 0 aromatic heterocycles. The van der Waals surface area contributed by atoms with Crippen molar-refractivity contribution in [2.75, 3.05) is 13.1 Å². The minimum Gasteiger partial charge on any atom is -0.352 e. The number of primary amides is 1. The van der Waals surface area contributed by atoms with Crippen LogP contribution < -0.4 is 11.1 Å². The first kappa shape index (κ1) is 8.87. The van der Waals surface area contributed by atoms with E-state index in [1.807, 2.05) is 0 Å². The summed E-state index contributed by atoms with van der Waals surface area (Å²) in [5.74, 6) is 0. The van der Waals surface area contributed by atoms with E-state index >= 15 is 0 Å². The molecule has 0 spiro atoms. The average molecular weight is 145 g/mol. The van der Waals surface area contributed by atoms with E-state index in [2.05, 4.69) is 10.5 Å². The highest BCUT2D eigenvalue weighted by atomic mass is 16.3. The van der Waals surface area contributed by atoms with Crippen LogP contribution in [0, 0.1) is 4.91 Å². The first-order valence-electron chi connectivity index (χ1n) is 3.10. The van der Waals surface area contributed by atoms with Gasteiger partial charge >= 0.3 is 6.03 Å². The summed E-state index contributed by atoms with van der Waals surface area (Å²) in [6, 6.07) is -0.529. The van der Waals surface area contributed by atoms with Crippen molar-refractivity contribution in [2.45, 2.75) is 12.8 Å². The predicted octanol–water partition coefficient (Wildman–Crippen LogP) is 0.201. The third-order valence-corrected chi connectivity index (χ3v) is 0.975. The number of nitrogens with two attached hydrogens (primary N) is 1. The molecule has 0 unspecified atom stereocenters. The molecule has 0 heterocycles. The van der Waals surface area contributed by atoms with Crippen molar-refractivity contribution in [2.24, 2.45) is 10.9 Å². The fourth-order valence-electron chi connectivity index (χ4n) is 0.513. The zero-order valence-electron chi connectivity index (χ0n) is 5.67. The minimum absolute atomic E-state index is 0.306. The average Bonchev–Trinajstić information content (AvgIpc) is 1.87. The summed E-state index contributed by atoms with van der Waals surface area (Å²) < 4.78 is 0. The van der Waals surface area contributed by atoms with E-state index in [9.17, 15) is 9.70 Å². The van der Waals surface area contributed by atoms with Gasteiger partial charge in [0.25, 0.3) is 0 Å². The lowest BCUT2D eigenvalue weighted by molar-refractivity contribution is 0.249. The van der Waals surface area contributed by atoms with Crippen LogP contribution in [0.4, 0.5) is 4.79 Å². The highest BCUT2D eigenvalue weighted by Gasteiger charge is 1.90. The van der Waals surface area contributed by atoms with Crippen LogP contribution in [-0.4, -0.2) is 19.1 Å². The zero-order chi connectivity index (χ0) is 7.82. The molecule has 0 aliphatic heterocycles. The second-order valence-corrected chi connectivity index (χ2v) is 1.85. The Hall–Kier alpha value is -1.13. The van der Waals surface area contributed by atoms with E-state index in [4.69, 9.17) is 5.73 Å². The van der Waals surface area contributed by atoms with Crippen LogP contribution in [0.3, 0.4) is 0 Å². The largest absolute Gasteiger partial charge is 0.352 e. The van der Waals surface area contributed by atoms with Crippen LogP contribution in [0.5, 0.6) is 0 Å². The molecule has 0 rings (SSSR count). The van der Waals surface area contributed by atoms with Gasteiger partial charge in [-0.1, -0.05) is 5.18 Å². The van der Waals surface area contributed by atoms with Crippen molar-refractivity contribution < 1.29 is 4.79 Å². The molecule has 2 amide bonds. The van der Waals surface area contributed by atoms with E-state index in [0.717, 1.165) is 6.42 Å². The molecule has 0 fully saturated rings. The molecule has 0 aliphatic carbocycles. The molecule has 3 N–H and O–H groups in total. The normalized spacial score (nSPS) is 8.80. The molecule has 10 heavy (non-hydrogen) atoms. The molecular formula is C5H11N3O2. The number of amides is 2. The highest BCUT2D eigenvalue weighted by Crippen LogP contribution is 1.85. The van der Waals surface area contributed by atoms with Crippen LogP contribution in [0.25, 0.3) is 0 Å². The maximum Gasteiger partial charge on any atom is 0.312 e. The Morgan fingerprint density at radius 1 is 1.50 bits per heavy atom. The van der Waals surface area contributed by atoms with E-state index in [1.54, 1.807) is 0 Å². The molecule has 0 aromatic rings. The number of unbranched alkanes of at least 4 members (excludes halogenated alkanes) is 1. The third-order valence-electron chi connectivity index (χ3n) is 0.975. The summed E-state index contributed by atoms with van der Waals surface area (Å²) in [4.78, 5) is 19.6. The fourth-order valence-corrected chi connectivity index (χ4v) is 0.513.